The predicted molar refractivity (Wildman–Crippen MR) is 201 cm³/mol. The van der Waals surface area contributed by atoms with Crippen molar-refractivity contribution in [2.45, 2.75) is 89.4 Å². The van der Waals surface area contributed by atoms with Crippen LogP contribution in [0.4, 0.5) is 4.39 Å². The molecule has 3 unspecified atom stereocenters. The number of carbonyl (C=O) groups is 1. The van der Waals surface area contributed by atoms with Crippen molar-refractivity contribution in [2.75, 3.05) is 0 Å². The molecule has 1 aromatic heterocycles. The minimum atomic E-state index is -1.08. The Morgan fingerprint density at radius 1 is 0.922 bits per heavy atom. The van der Waals surface area contributed by atoms with Crippen molar-refractivity contribution in [3.63, 3.8) is 0 Å². The van der Waals surface area contributed by atoms with Gasteiger partial charge in [-0.25, -0.2) is 4.39 Å². The lowest BCUT2D eigenvalue weighted by Crippen LogP contribution is -2.36. The number of aliphatic hydroxyl groups is 2. The molecule has 51 heavy (non-hydrogen) atoms. The maximum Gasteiger partial charge on any atom is 0.308 e. The monoisotopic (exact) mass is 683 g/mol. The molecule has 0 saturated heterocycles. The second kappa shape index (κ2) is 13.0. The Bertz CT molecular complexity index is 2130. The zero-order valence-corrected chi connectivity index (χ0v) is 29.6. The molecule has 3 aliphatic carbocycles. The molecule has 6 heteroatoms. The number of aromatic nitrogens is 1. The van der Waals surface area contributed by atoms with Crippen LogP contribution in [0.2, 0.25) is 0 Å². The van der Waals surface area contributed by atoms with Crippen molar-refractivity contribution in [3.8, 4) is 11.1 Å². The van der Waals surface area contributed by atoms with E-state index in [2.05, 4.69) is 63.2 Å². The van der Waals surface area contributed by atoms with E-state index < -0.39 is 18.2 Å². The minimum Gasteiger partial charge on any atom is -0.461 e. The number of esters is 1. The van der Waals surface area contributed by atoms with E-state index in [-0.39, 0.29) is 47.4 Å². The van der Waals surface area contributed by atoms with E-state index in [4.69, 9.17) is 9.72 Å². The summed E-state index contributed by atoms with van der Waals surface area (Å²) in [5.41, 5.74) is 5.69. The third-order valence-corrected chi connectivity index (χ3v) is 12.7. The molecule has 0 amide bonds. The van der Waals surface area contributed by atoms with Gasteiger partial charge >= 0.3 is 5.97 Å². The van der Waals surface area contributed by atoms with Crippen molar-refractivity contribution in [3.05, 3.63) is 120 Å². The molecule has 1 heterocycles. The third kappa shape index (κ3) is 5.96. The molecule has 3 saturated carbocycles. The second-order valence-electron chi connectivity index (χ2n) is 15.9. The van der Waals surface area contributed by atoms with E-state index in [1.807, 2.05) is 30.3 Å². The normalized spacial score (nSPS) is 25.1. The van der Waals surface area contributed by atoms with Gasteiger partial charge in [0.15, 0.2) is 0 Å². The van der Waals surface area contributed by atoms with Crippen molar-refractivity contribution >= 4 is 33.7 Å². The molecule has 3 fully saturated rings. The number of aliphatic hydroxyl groups excluding tert-OH is 2. The van der Waals surface area contributed by atoms with Crippen LogP contribution in [0.15, 0.2) is 97.1 Å². The van der Waals surface area contributed by atoms with Crippen molar-refractivity contribution in [1.82, 2.24) is 4.98 Å². The quantitative estimate of drug-likeness (QED) is 0.143. The maximum atomic E-state index is 13.9. The van der Waals surface area contributed by atoms with Crippen LogP contribution >= 0.6 is 0 Å². The predicted octanol–water partition coefficient (Wildman–Crippen LogP) is 9.74. The lowest BCUT2D eigenvalue weighted by atomic mass is 9.64. The molecule has 6 atom stereocenters. The number of carbonyl (C=O) groups excluding carboxylic acids is 1. The number of fused-ring (bicyclic) bond motifs is 4. The Labute approximate surface area is 299 Å². The number of nitrogens with zero attached hydrogens (tertiary/aromatic N) is 1. The van der Waals surface area contributed by atoms with Gasteiger partial charge in [0, 0.05) is 40.7 Å². The fourth-order valence-corrected chi connectivity index (χ4v) is 9.53. The van der Waals surface area contributed by atoms with E-state index in [1.165, 1.54) is 28.5 Å². The molecular formula is C45H46FNO4. The first-order valence-electron chi connectivity index (χ1n) is 18.4. The van der Waals surface area contributed by atoms with Crippen LogP contribution in [0.3, 0.4) is 0 Å². The Balaban J connectivity index is 1.01. The number of ether oxygens (including phenoxy) is 1. The number of hydrogen-bond acceptors (Lipinski definition) is 5. The van der Waals surface area contributed by atoms with Gasteiger partial charge in [0.2, 0.25) is 0 Å². The van der Waals surface area contributed by atoms with Gasteiger partial charge in [-0.2, -0.15) is 0 Å². The number of rotatable bonds is 10. The standard InChI is InChI=1S/C45H46FNO4/c1-44(2)37-23-24-45(44,3)41(34-13-8-10-27-9-4-5-11-33(27)34)43(37)51-39(50)26-32(49)25-31(48)21-22-36-40(28-17-19-30(46)20-18-28)35-12-6-7-14-38(35)47-42(36)29-15-16-29/h4-14,17-22,29,31-32,37,41,43,48-49H,15-16,23-26H2,1-3H3/t31-,32-,37?,41?,43?,45+/m1/s1. The summed E-state index contributed by atoms with van der Waals surface area (Å²) in [7, 11) is 0. The number of para-hydroxylation sites is 1. The lowest BCUT2D eigenvalue weighted by molar-refractivity contribution is -0.156. The van der Waals surface area contributed by atoms with E-state index >= 15 is 0 Å². The molecule has 4 aromatic carbocycles. The van der Waals surface area contributed by atoms with E-state index in [0.717, 1.165) is 59.0 Å². The SMILES string of the molecule is CC1(C)C2CC[C@@]1(C)C(c1cccc3ccccc13)C2OC(=O)C[C@H](O)C[C@H](O)C=Cc1c(C2CC2)nc2ccccc2c1-c1ccc(F)cc1. The van der Waals surface area contributed by atoms with Gasteiger partial charge in [0.05, 0.1) is 29.8 Å². The van der Waals surface area contributed by atoms with Gasteiger partial charge in [0.1, 0.15) is 11.9 Å². The largest absolute Gasteiger partial charge is 0.461 e. The van der Waals surface area contributed by atoms with Gasteiger partial charge in [-0.1, -0.05) is 106 Å². The number of hydrogen-bond donors (Lipinski definition) is 2. The molecule has 0 aliphatic heterocycles. The van der Waals surface area contributed by atoms with Gasteiger partial charge in [0.25, 0.3) is 0 Å². The van der Waals surface area contributed by atoms with Crippen LogP contribution in [0.1, 0.15) is 88.0 Å². The molecule has 5 nitrogen and oxygen atoms in total. The highest BCUT2D eigenvalue weighted by molar-refractivity contribution is 5.99. The van der Waals surface area contributed by atoms with E-state index in [1.54, 1.807) is 18.2 Å². The molecule has 0 radical (unpaired) electrons. The summed E-state index contributed by atoms with van der Waals surface area (Å²) >= 11 is 0. The van der Waals surface area contributed by atoms with Crippen molar-refractivity contribution in [2.24, 2.45) is 16.7 Å². The molecule has 5 aromatic rings. The highest BCUT2D eigenvalue weighted by Gasteiger charge is 2.67. The molecule has 8 rings (SSSR count). The molecule has 0 spiro atoms. The van der Waals surface area contributed by atoms with E-state index in [0.29, 0.717) is 5.92 Å². The van der Waals surface area contributed by atoms with Gasteiger partial charge in [-0.3, -0.25) is 9.78 Å². The van der Waals surface area contributed by atoms with Crippen LogP contribution in [0, 0.1) is 22.6 Å². The molecule has 2 N–H and O–H groups in total. The maximum absolute atomic E-state index is 13.9. The van der Waals surface area contributed by atoms with E-state index in [9.17, 15) is 19.4 Å². The average Bonchev–Trinajstić information content (AvgIpc) is 3.91. The topological polar surface area (TPSA) is 79.7 Å². The Kier molecular flexibility index (Phi) is 8.59. The first-order chi connectivity index (χ1) is 24.5. The highest BCUT2D eigenvalue weighted by atomic mass is 19.1. The first kappa shape index (κ1) is 33.7. The zero-order valence-electron chi connectivity index (χ0n) is 29.6. The second-order valence-corrected chi connectivity index (χ2v) is 15.9. The fourth-order valence-electron chi connectivity index (χ4n) is 9.53. The van der Waals surface area contributed by atoms with Crippen LogP contribution in [0.5, 0.6) is 0 Å². The molecule has 2 bridgehead atoms. The Morgan fingerprint density at radius 3 is 2.39 bits per heavy atom. The third-order valence-electron chi connectivity index (χ3n) is 12.7. The molecule has 3 aliphatic rings. The van der Waals surface area contributed by atoms with Crippen LogP contribution in [-0.4, -0.2) is 39.5 Å². The fraction of sp³-hybridized carbons (Fsp3) is 0.378. The van der Waals surface area contributed by atoms with Gasteiger partial charge in [-0.15, -0.1) is 0 Å². The lowest BCUT2D eigenvalue weighted by Gasteiger charge is -2.40. The Hall–Kier alpha value is -4.39. The average molecular weight is 684 g/mol. The van der Waals surface area contributed by atoms with Crippen molar-refractivity contribution in [1.29, 1.82) is 0 Å². The first-order valence-corrected chi connectivity index (χ1v) is 18.4. The summed E-state index contributed by atoms with van der Waals surface area (Å²) in [4.78, 5) is 18.6. The summed E-state index contributed by atoms with van der Waals surface area (Å²) < 4.78 is 20.3. The Morgan fingerprint density at radius 2 is 1.63 bits per heavy atom. The summed E-state index contributed by atoms with van der Waals surface area (Å²) in [6.45, 7) is 6.98. The minimum absolute atomic E-state index is 0.0126. The summed E-state index contributed by atoms with van der Waals surface area (Å²) in [6, 6.07) is 29.2. The van der Waals surface area contributed by atoms with Crippen LogP contribution in [0.25, 0.3) is 38.9 Å². The molecule has 262 valence electrons. The van der Waals surface area contributed by atoms with Gasteiger partial charge in [-0.05, 0) is 76.6 Å². The van der Waals surface area contributed by atoms with Crippen LogP contribution < -0.4 is 0 Å². The molecular weight excluding hydrogens is 637 g/mol. The number of halogens is 1. The number of pyridine rings is 1. The van der Waals surface area contributed by atoms with Crippen molar-refractivity contribution < 1.29 is 24.1 Å². The zero-order chi connectivity index (χ0) is 35.5. The number of benzene rings is 4. The summed E-state index contributed by atoms with van der Waals surface area (Å²) in [5, 5.41) is 25.5. The van der Waals surface area contributed by atoms with Crippen LogP contribution in [-0.2, 0) is 9.53 Å². The highest BCUT2D eigenvalue weighted by Crippen LogP contribution is 2.72. The summed E-state index contributed by atoms with van der Waals surface area (Å²) in [5.74, 6) is -0.163. The summed E-state index contributed by atoms with van der Waals surface area (Å²) in [6.07, 6.45) is 5.13. The smallest absolute Gasteiger partial charge is 0.308 e. The van der Waals surface area contributed by atoms with Gasteiger partial charge < -0.3 is 14.9 Å².